The molecule has 1 amide bonds. The molecular weight excluding hydrogens is 431 g/mol. The SMILES string of the molecule is CN(C1CCCCC1)S(=O)(=O)N1CCCC(C(=O)N2CCN(c3ccc(F)cc3)CC2)C1. The summed E-state index contributed by atoms with van der Waals surface area (Å²) in [5.74, 6) is -0.479. The Morgan fingerprint density at radius 2 is 1.59 bits per heavy atom. The first-order valence-corrected chi connectivity index (χ1v) is 13.3. The maximum Gasteiger partial charge on any atom is 0.281 e. The van der Waals surface area contributed by atoms with Crippen molar-refractivity contribution in [2.24, 2.45) is 5.92 Å². The van der Waals surface area contributed by atoms with E-state index in [0.29, 0.717) is 39.1 Å². The van der Waals surface area contributed by atoms with Crippen molar-refractivity contribution in [1.29, 1.82) is 0 Å². The summed E-state index contributed by atoms with van der Waals surface area (Å²) in [6.07, 6.45) is 6.62. The van der Waals surface area contributed by atoms with E-state index in [4.69, 9.17) is 0 Å². The van der Waals surface area contributed by atoms with Gasteiger partial charge in [-0.3, -0.25) is 4.79 Å². The highest BCUT2D eigenvalue weighted by atomic mass is 32.2. The van der Waals surface area contributed by atoms with Crippen LogP contribution in [0.15, 0.2) is 24.3 Å². The maximum atomic E-state index is 13.2. The molecule has 1 aromatic carbocycles. The topological polar surface area (TPSA) is 64.2 Å². The third-order valence-electron chi connectivity index (χ3n) is 7.30. The molecule has 178 valence electrons. The fraction of sp³-hybridized carbons (Fsp3) is 0.696. The highest BCUT2D eigenvalue weighted by Crippen LogP contribution is 2.28. The number of hydrogen-bond donors (Lipinski definition) is 0. The highest BCUT2D eigenvalue weighted by Gasteiger charge is 2.38. The number of benzene rings is 1. The van der Waals surface area contributed by atoms with Crippen LogP contribution < -0.4 is 4.90 Å². The Kier molecular flexibility index (Phi) is 7.37. The lowest BCUT2D eigenvalue weighted by molar-refractivity contribution is -0.137. The summed E-state index contributed by atoms with van der Waals surface area (Å²) in [4.78, 5) is 17.2. The molecule has 9 heteroatoms. The van der Waals surface area contributed by atoms with Gasteiger partial charge in [-0.15, -0.1) is 0 Å². The Morgan fingerprint density at radius 3 is 2.25 bits per heavy atom. The van der Waals surface area contributed by atoms with Crippen molar-refractivity contribution in [3.8, 4) is 0 Å². The van der Waals surface area contributed by atoms with Crippen LogP contribution in [0.1, 0.15) is 44.9 Å². The minimum atomic E-state index is -3.55. The lowest BCUT2D eigenvalue weighted by Crippen LogP contribution is -2.55. The van der Waals surface area contributed by atoms with Gasteiger partial charge in [0.15, 0.2) is 0 Å². The molecule has 2 heterocycles. The van der Waals surface area contributed by atoms with E-state index < -0.39 is 10.2 Å². The molecule has 2 saturated heterocycles. The number of piperidine rings is 1. The van der Waals surface area contributed by atoms with Gasteiger partial charge in [0.2, 0.25) is 5.91 Å². The zero-order valence-corrected chi connectivity index (χ0v) is 19.8. The quantitative estimate of drug-likeness (QED) is 0.669. The van der Waals surface area contributed by atoms with Gasteiger partial charge < -0.3 is 9.80 Å². The second-order valence-corrected chi connectivity index (χ2v) is 11.3. The van der Waals surface area contributed by atoms with Crippen molar-refractivity contribution >= 4 is 21.8 Å². The molecular formula is C23H35FN4O3S. The van der Waals surface area contributed by atoms with E-state index in [0.717, 1.165) is 37.8 Å². The predicted molar refractivity (Wildman–Crippen MR) is 123 cm³/mol. The number of anilines is 1. The number of halogens is 1. The summed E-state index contributed by atoms with van der Waals surface area (Å²) < 4.78 is 42.8. The Balaban J connectivity index is 1.34. The molecule has 0 bridgehead atoms. The smallest absolute Gasteiger partial charge is 0.281 e. The monoisotopic (exact) mass is 466 g/mol. The second-order valence-electron chi connectivity index (χ2n) is 9.30. The van der Waals surface area contributed by atoms with E-state index in [1.54, 1.807) is 23.5 Å². The van der Waals surface area contributed by atoms with Crippen molar-refractivity contribution in [3.63, 3.8) is 0 Å². The molecule has 1 saturated carbocycles. The predicted octanol–water partition coefficient (Wildman–Crippen LogP) is 2.70. The number of piperazine rings is 1. The molecule has 7 nitrogen and oxygen atoms in total. The molecule has 3 aliphatic rings. The molecule has 4 rings (SSSR count). The van der Waals surface area contributed by atoms with Crippen molar-refractivity contribution in [2.45, 2.75) is 51.0 Å². The molecule has 0 radical (unpaired) electrons. The van der Waals surface area contributed by atoms with E-state index in [2.05, 4.69) is 4.90 Å². The summed E-state index contributed by atoms with van der Waals surface area (Å²) in [5.41, 5.74) is 0.958. The van der Waals surface area contributed by atoms with Gasteiger partial charge in [0, 0.05) is 58.0 Å². The number of nitrogens with zero attached hydrogens (tertiary/aromatic N) is 4. The number of carbonyl (C=O) groups is 1. The largest absolute Gasteiger partial charge is 0.368 e. The van der Waals surface area contributed by atoms with Gasteiger partial charge in [-0.05, 0) is 49.9 Å². The first kappa shape index (κ1) is 23.4. The molecule has 1 aromatic rings. The Hall–Kier alpha value is -1.71. The van der Waals surface area contributed by atoms with Crippen molar-refractivity contribution in [3.05, 3.63) is 30.1 Å². The van der Waals surface area contributed by atoms with Gasteiger partial charge in [-0.1, -0.05) is 19.3 Å². The second kappa shape index (κ2) is 10.1. The molecule has 0 aromatic heterocycles. The summed E-state index contributed by atoms with van der Waals surface area (Å²) in [5, 5.41) is 0. The van der Waals surface area contributed by atoms with E-state index in [1.165, 1.54) is 22.9 Å². The zero-order valence-electron chi connectivity index (χ0n) is 19.0. The molecule has 32 heavy (non-hydrogen) atoms. The fourth-order valence-electron chi connectivity index (χ4n) is 5.26. The van der Waals surface area contributed by atoms with Crippen LogP contribution in [-0.2, 0) is 15.0 Å². The van der Waals surface area contributed by atoms with Crippen LogP contribution in [0.4, 0.5) is 10.1 Å². The minimum absolute atomic E-state index is 0.0592. The third kappa shape index (κ3) is 5.10. The summed E-state index contributed by atoms with van der Waals surface area (Å²) >= 11 is 0. The molecule has 0 N–H and O–H groups in total. The summed E-state index contributed by atoms with van der Waals surface area (Å²) in [6, 6.07) is 6.51. The van der Waals surface area contributed by atoms with Crippen LogP contribution in [0.3, 0.4) is 0 Å². The number of carbonyl (C=O) groups excluding carboxylic acids is 1. The average Bonchev–Trinajstić information content (AvgIpc) is 2.84. The lowest BCUT2D eigenvalue weighted by Gasteiger charge is -2.40. The Labute approximate surface area is 191 Å². The van der Waals surface area contributed by atoms with Crippen LogP contribution in [-0.4, -0.2) is 80.2 Å². The maximum absolute atomic E-state index is 13.2. The van der Waals surface area contributed by atoms with Gasteiger partial charge in [0.25, 0.3) is 10.2 Å². The van der Waals surface area contributed by atoms with Crippen LogP contribution in [0.2, 0.25) is 0 Å². The zero-order chi connectivity index (χ0) is 22.7. The molecule has 2 aliphatic heterocycles. The van der Waals surface area contributed by atoms with Crippen molar-refractivity contribution in [1.82, 2.24) is 13.5 Å². The van der Waals surface area contributed by atoms with E-state index in [1.807, 2.05) is 4.90 Å². The highest BCUT2D eigenvalue weighted by molar-refractivity contribution is 7.86. The van der Waals surface area contributed by atoms with E-state index in [9.17, 15) is 17.6 Å². The fourth-order valence-corrected chi connectivity index (χ4v) is 6.94. The van der Waals surface area contributed by atoms with Gasteiger partial charge in [-0.25, -0.2) is 4.39 Å². The van der Waals surface area contributed by atoms with Gasteiger partial charge in [0.1, 0.15) is 5.82 Å². The van der Waals surface area contributed by atoms with E-state index in [-0.39, 0.29) is 30.2 Å². The van der Waals surface area contributed by atoms with Crippen molar-refractivity contribution in [2.75, 3.05) is 51.2 Å². The summed E-state index contributed by atoms with van der Waals surface area (Å²) in [6.45, 7) is 3.34. The third-order valence-corrected chi connectivity index (χ3v) is 9.31. The van der Waals surface area contributed by atoms with Crippen LogP contribution in [0.5, 0.6) is 0 Å². The number of rotatable bonds is 5. The first-order valence-electron chi connectivity index (χ1n) is 11.9. The first-order chi connectivity index (χ1) is 15.4. The molecule has 1 atom stereocenters. The van der Waals surface area contributed by atoms with Crippen LogP contribution in [0.25, 0.3) is 0 Å². The van der Waals surface area contributed by atoms with Gasteiger partial charge in [0.05, 0.1) is 5.92 Å². The lowest BCUT2D eigenvalue weighted by atomic mass is 9.96. The van der Waals surface area contributed by atoms with Crippen LogP contribution >= 0.6 is 0 Å². The Morgan fingerprint density at radius 1 is 0.938 bits per heavy atom. The molecule has 0 spiro atoms. The summed E-state index contributed by atoms with van der Waals surface area (Å²) in [7, 11) is -1.85. The average molecular weight is 467 g/mol. The Bertz CT molecular complexity index is 881. The molecule has 1 unspecified atom stereocenters. The number of amides is 1. The van der Waals surface area contributed by atoms with Crippen LogP contribution in [0, 0.1) is 11.7 Å². The van der Waals surface area contributed by atoms with Gasteiger partial charge >= 0.3 is 0 Å². The van der Waals surface area contributed by atoms with E-state index >= 15 is 0 Å². The standard InChI is InChI=1S/C23H35FN4O3S/c1-25(21-7-3-2-4-8-21)32(30,31)28-13-5-6-19(18-28)23(29)27-16-14-26(15-17-27)22-11-9-20(24)10-12-22/h9-12,19,21H,2-8,13-18H2,1H3. The van der Waals surface area contributed by atoms with Crippen molar-refractivity contribution < 1.29 is 17.6 Å². The molecule has 3 fully saturated rings. The van der Waals surface area contributed by atoms with Gasteiger partial charge in [-0.2, -0.15) is 17.0 Å². The number of hydrogen-bond acceptors (Lipinski definition) is 4. The molecule has 1 aliphatic carbocycles. The minimum Gasteiger partial charge on any atom is -0.368 e. The normalized spacial score (nSPS) is 24.2.